The molecule has 0 bridgehead atoms. The van der Waals surface area contributed by atoms with Crippen molar-refractivity contribution in [3.8, 4) is 22.6 Å². The second kappa shape index (κ2) is 13.7. The van der Waals surface area contributed by atoms with Crippen LogP contribution in [0.5, 0.6) is 0 Å². The van der Waals surface area contributed by atoms with Crippen molar-refractivity contribution in [1.82, 2.24) is 14.5 Å². The number of nitrogens with zero attached hydrogens (tertiary/aromatic N) is 3. The van der Waals surface area contributed by atoms with Gasteiger partial charge in [-0.1, -0.05) is 93.3 Å². The van der Waals surface area contributed by atoms with Gasteiger partial charge >= 0.3 is 0 Å². The number of benzene rings is 4. The molecule has 4 nitrogen and oxygen atoms in total. The van der Waals surface area contributed by atoms with Gasteiger partial charge in [-0.25, -0.2) is 0 Å². The van der Waals surface area contributed by atoms with Crippen LogP contribution in [0.2, 0.25) is 19.6 Å². The summed E-state index contributed by atoms with van der Waals surface area (Å²) in [5.74, 6) is 0.904. The van der Waals surface area contributed by atoms with E-state index in [4.69, 9.17) is 12.1 Å². The van der Waals surface area contributed by atoms with Crippen LogP contribution in [0.15, 0.2) is 102 Å². The van der Waals surface area contributed by atoms with Crippen LogP contribution < -0.4 is 5.19 Å². The standard InChI is InChI=1S/C22H17N2O.C19H26NSi.Ir/c1-14(2)24-19-12-5-4-11-18(19)23-22(24)17-10-7-9-16-15-8-3-6-13-20(15)25-21(16)17;1-19(2,3)13-16-12-17(15-10-8-7-9-11-15)20-14-18(16)21(4,5)6;/h3-9,11-14H,1-2H3;7-10,12,14H,13H2,1-6H3;/q2*-1;/i;13D2;. The van der Waals surface area contributed by atoms with Gasteiger partial charge in [0.1, 0.15) is 5.58 Å². The minimum absolute atomic E-state index is 0. The average molecular weight is 816 g/mol. The molecule has 3 heterocycles. The molecule has 6 heteroatoms. The Morgan fingerprint density at radius 2 is 1.62 bits per heavy atom. The fourth-order valence-electron chi connectivity index (χ4n) is 5.86. The van der Waals surface area contributed by atoms with Crippen molar-refractivity contribution in [3.05, 3.63) is 115 Å². The molecule has 7 aromatic rings. The second-order valence-corrected chi connectivity index (χ2v) is 19.1. The summed E-state index contributed by atoms with van der Waals surface area (Å²) in [4.78, 5) is 9.50. The van der Waals surface area contributed by atoms with Crippen LogP contribution in [-0.2, 0) is 26.5 Å². The Labute approximate surface area is 296 Å². The summed E-state index contributed by atoms with van der Waals surface area (Å²) in [6, 6.07) is 36.9. The molecule has 0 spiro atoms. The molecule has 0 N–H and O–H groups in total. The Balaban J connectivity index is 0.000000188. The van der Waals surface area contributed by atoms with Gasteiger partial charge in [0, 0.05) is 40.5 Å². The van der Waals surface area contributed by atoms with E-state index in [2.05, 4.69) is 85.5 Å². The molecule has 7 rings (SSSR count). The molecular formula is C41H43IrN3OSi-2. The van der Waals surface area contributed by atoms with Crippen LogP contribution in [0.3, 0.4) is 0 Å². The van der Waals surface area contributed by atoms with Gasteiger partial charge in [0.05, 0.1) is 30.5 Å². The van der Waals surface area contributed by atoms with E-state index in [0.717, 1.165) is 66.4 Å². The van der Waals surface area contributed by atoms with Crippen LogP contribution >= 0.6 is 0 Å². The van der Waals surface area contributed by atoms with E-state index >= 15 is 0 Å². The Hall–Kier alpha value is -3.83. The van der Waals surface area contributed by atoms with Crippen molar-refractivity contribution in [1.29, 1.82) is 0 Å². The minimum atomic E-state index is -1.70. The van der Waals surface area contributed by atoms with Crippen LogP contribution in [0, 0.1) is 17.5 Å². The molecule has 0 amide bonds. The number of fused-ring (bicyclic) bond motifs is 4. The number of furan rings is 1. The maximum absolute atomic E-state index is 8.75. The van der Waals surface area contributed by atoms with E-state index in [-0.39, 0.29) is 26.1 Å². The predicted octanol–water partition coefficient (Wildman–Crippen LogP) is 10.7. The first-order valence-electron chi connectivity index (χ1n) is 17.0. The molecule has 0 unspecified atom stereocenters. The molecule has 0 saturated heterocycles. The fourth-order valence-corrected chi connectivity index (χ4v) is 7.26. The van der Waals surface area contributed by atoms with E-state index in [0.29, 0.717) is 0 Å². The van der Waals surface area contributed by atoms with E-state index < -0.39 is 19.9 Å². The molecule has 4 aromatic carbocycles. The number of rotatable bonds is 5. The molecule has 0 aliphatic carbocycles. The maximum atomic E-state index is 8.75. The zero-order chi connectivity index (χ0) is 34.4. The summed E-state index contributed by atoms with van der Waals surface area (Å²) in [5.41, 5.74) is 6.77. The third kappa shape index (κ3) is 7.36. The van der Waals surface area contributed by atoms with Gasteiger partial charge in [-0.05, 0) is 54.7 Å². The van der Waals surface area contributed by atoms with E-state index in [1.807, 2.05) is 87.6 Å². The molecule has 1 radical (unpaired) electrons. The number of para-hydroxylation sites is 3. The van der Waals surface area contributed by atoms with Crippen LogP contribution in [-0.4, -0.2) is 22.6 Å². The smallest absolute Gasteiger partial charge is 0.120 e. The predicted molar refractivity (Wildman–Crippen MR) is 196 cm³/mol. The first-order valence-corrected chi connectivity index (χ1v) is 19.5. The summed E-state index contributed by atoms with van der Waals surface area (Å²) in [7, 11) is -1.70. The van der Waals surface area contributed by atoms with Gasteiger partial charge in [0.2, 0.25) is 0 Å². The number of hydrogen-bond donors (Lipinski definition) is 0. The topological polar surface area (TPSA) is 43.9 Å². The molecule has 0 aliphatic heterocycles. The molecule has 243 valence electrons. The van der Waals surface area contributed by atoms with Crippen molar-refractivity contribution in [2.24, 2.45) is 5.41 Å². The zero-order valence-corrected chi connectivity index (χ0v) is 31.8. The first kappa shape index (κ1) is 31.7. The summed E-state index contributed by atoms with van der Waals surface area (Å²) in [5, 5.41) is 3.32. The Morgan fingerprint density at radius 3 is 2.32 bits per heavy atom. The van der Waals surface area contributed by atoms with Gasteiger partial charge in [-0.2, -0.15) is 0 Å². The largest absolute Gasteiger partial charge is 0.501 e. The Bertz CT molecular complexity index is 2230. The molecule has 47 heavy (non-hydrogen) atoms. The molecular weight excluding hydrogens is 771 g/mol. The summed E-state index contributed by atoms with van der Waals surface area (Å²) in [6.07, 6.45) is 0.469. The normalized spacial score (nSPS) is 12.9. The molecule has 0 fully saturated rings. The van der Waals surface area contributed by atoms with Crippen molar-refractivity contribution >= 4 is 46.2 Å². The van der Waals surface area contributed by atoms with Crippen LogP contribution in [0.1, 0.15) is 49.0 Å². The number of pyridine rings is 1. The fraction of sp³-hybridized carbons (Fsp3) is 0.268. The van der Waals surface area contributed by atoms with Gasteiger partial charge < -0.3 is 14.0 Å². The van der Waals surface area contributed by atoms with Gasteiger partial charge in [-0.3, -0.25) is 4.98 Å². The van der Waals surface area contributed by atoms with E-state index in [1.54, 1.807) is 0 Å². The zero-order valence-electron chi connectivity index (χ0n) is 30.4. The Kier molecular flexibility index (Phi) is 9.27. The van der Waals surface area contributed by atoms with Crippen LogP contribution in [0.4, 0.5) is 0 Å². The molecule has 3 aromatic heterocycles. The third-order valence-corrected chi connectivity index (χ3v) is 9.90. The third-order valence-electron chi connectivity index (χ3n) is 7.88. The van der Waals surface area contributed by atoms with E-state index in [1.165, 1.54) is 0 Å². The van der Waals surface area contributed by atoms with Gasteiger partial charge in [0.25, 0.3) is 0 Å². The number of aromatic nitrogens is 3. The molecule has 0 aliphatic rings. The first-order chi connectivity index (χ1) is 22.7. The summed E-state index contributed by atoms with van der Waals surface area (Å²) in [6.45, 7) is 16.9. The number of hydrogen-bond acceptors (Lipinski definition) is 3. The quantitative estimate of drug-likeness (QED) is 0.128. The molecule has 0 saturated carbocycles. The molecule has 0 atom stereocenters. The van der Waals surface area contributed by atoms with Crippen molar-refractivity contribution < 1.29 is 27.3 Å². The second-order valence-electron chi connectivity index (χ2n) is 14.1. The maximum Gasteiger partial charge on any atom is 0.120 e. The van der Waals surface area contributed by atoms with Crippen molar-refractivity contribution in [3.63, 3.8) is 0 Å². The van der Waals surface area contributed by atoms with Gasteiger partial charge in [0.15, 0.2) is 0 Å². The summed E-state index contributed by atoms with van der Waals surface area (Å²) >= 11 is 0. The monoisotopic (exact) mass is 816 g/mol. The van der Waals surface area contributed by atoms with Crippen molar-refractivity contribution in [2.45, 2.75) is 66.7 Å². The minimum Gasteiger partial charge on any atom is -0.501 e. The van der Waals surface area contributed by atoms with Gasteiger partial charge in [-0.15, -0.1) is 54.1 Å². The van der Waals surface area contributed by atoms with Crippen LogP contribution in [0.25, 0.3) is 55.6 Å². The number of imidazole rings is 1. The van der Waals surface area contributed by atoms with E-state index in [9.17, 15) is 0 Å². The summed E-state index contributed by atoms with van der Waals surface area (Å²) < 4.78 is 25.9. The Morgan fingerprint density at radius 1 is 0.894 bits per heavy atom. The average Bonchev–Trinajstić information content (AvgIpc) is 3.63. The SMILES string of the molecule is CC(C)n1c(-c2[c-]ccc3c2oc2ccccc23)nc2ccccc21.[2H]C([2H])(c1cc(-c2[c-]cccc2)ncc1[Si](C)(C)C)C(C)(C)C.[Ir]. The van der Waals surface area contributed by atoms with Crippen molar-refractivity contribution in [2.75, 3.05) is 0 Å².